The van der Waals surface area contributed by atoms with E-state index in [2.05, 4.69) is 12.2 Å². The Morgan fingerprint density at radius 3 is 2.56 bits per heavy atom. The fourth-order valence-corrected chi connectivity index (χ4v) is 3.29. The van der Waals surface area contributed by atoms with E-state index in [0.717, 1.165) is 5.75 Å². The molecule has 0 saturated heterocycles. The van der Waals surface area contributed by atoms with Crippen molar-refractivity contribution in [3.05, 3.63) is 0 Å². The summed E-state index contributed by atoms with van der Waals surface area (Å²) >= 11 is 1.75. The third-order valence-corrected chi connectivity index (χ3v) is 4.43. The molecule has 1 rings (SSSR count). The van der Waals surface area contributed by atoms with Gasteiger partial charge in [-0.15, -0.1) is 0 Å². The first kappa shape index (κ1) is 15.3. The lowest BCUT2D eigenvalue weighted by Crippen LogP contribution is -2.37. The Morgan fingerprint density at radius 1 is 1.39 bits per heavy atom. The quantitative estimate of drug-likeness (QED) is 0.775. The minimum atomic E-state index is -0.836. The Bertz CT molecular complexity index is 309. The number of thioether (sulfide) groups is 1. The van der Waals surface area contributed by atoms with E-state index >= 15 is 0 Å². The number of hydrogen-bond acceptors (Lipinski definition) is 3. The van der Waals surface area contributed by atoms with Crippen molar-refractivity contribution in [1.82, 2.24) is 5.32 Å². The molecule has 0 aromatic rings. The lowest BCUT2D eigenvalue weighted by atomic mass is 9.95. The number of carbonyl (C=O) groups excluding carboxylic acids is 1. The molecule has 0 radical (unpaired) electrons. The van der Waals surface area contributed by atoms with Crippen LogP contribution in [-0.4, -0.2) is 35.5 Å². The van der Waals surface area contributed by atoms with Crippen molar-refractivity contribution < 1.29 is 14.7 Å². The van der Waals surface area contributed by atoms with Crippen molar-refractivity contribution >= 4 is 23.6 Å². The molecule has 1 amide bonds. The highest BCUT2D eigenvalue weighted by atomic mass is 32.2. The van der Waals surface area contributed by atoms with E-state index in [-0.39, 0.29) is 11.8 Å². The summed E-state index contributed by atoms with van der Waals surface area (Å²) in [7, 11) is 0. The number of carbonyl (C=O) groups is 2. The van der Waals surface area contributed by atoms with Gasteiger partial charge in [-0.25, -0.2) is 0 Å². The second-order valence-corrected chi connectivity index (χ2v) is 6.34. The predicted molar refractivity (Wildman–Crippen MR) is 73.6 cm³/mol. The Labute approximate surface area is 113 Å². The van der Waals surface area contributed by atoms with Gasteiger partial charge in [0.05, 0.1) is 11.8 Å². The summed E-state index contributed by atoms with van der Waals surface area (Å²) < 4.78 is 0. The molecule has 1 fully saturated rings. The molecule has 0 spiro atoms. The van der Waals surface area contributed by atoms with Crippen molar-refractivity contribution in [2.24, 2.45) is 23.7 Å². The lowest BCUT2D eigenvalue weighted by Gasteiger charge is -2.17. The van der Waals surface area contributed by atoms with Gasteiger partial charge in [0.15, 0.2) is 0 Å². The topological polar surface area (TPSA) is 66.4 Å². The van der Waals surface area contributed by atoms with Crippen molar-refractivity contribution in [1.29, 1.82) is 0 Å². The van der Waals surface area contributed by atoms with E-state index in [0.29, 0.717) is 31.2 Å². The van der Waals surface area contributed by atoms with Crippen molar-refractivity contribution in [3.8, 4) is 0 Å². The summed E-state index contributed by atoms with van der Waals surface area (Å²) in [6.07, 6.45) is 3.35. The van der Waals surface area contributed by atoms with Gasteiger partial charge < -0.3 is 10.4 Å². The Balaban J connectivity index is 2.47. The van der Waals surface area contributed by atoms with Crippen LogP contribution in [0.5, 0.6) is 0 Å². The highest BCUT2D eigenvalue weighted by molar-refractivity contribution is 7.98. The fourth-order valence-electron chi connectivity index (χ4n) is 2.60. The minimum absolute atomic E-state index is 0.0836. The predicted octanol–water partition coefficient (Wildman–Crippen LogP) is 1.85. The van der Waals surface area contributed by atoms with Crippen LogP contribution in [0.1, 0.15) is 26.7 Å². The largest absolute Gasteiger partial charge is 0.481 e. The average Bonchev–Trinajstić information content (AvgIpc) is 2.69. The molecule has 0 aromatic heterocycles. The second-order valence-electron chi connectivity index (χ2n) is 5.43. The SMILES string of the molecule is CSCC(C)CNC(=O)C1CC(C)CC1C(=O)O. The number of carboxylic acids is 1. The first-order valence-electron chi connectivity index (χ1n) is 6.45. The van der Waals surface area contributed by atoms with Gasteiger partial charge in [-0.05, 0) is 36.7 Å². The molecule has 0 bridgehead atoms. The van der Waals surface area contributed by atoms with Crippen molar-refractivity contribution in [2.45, 2.75) is 26.7 Å². The van der Waals surface area contributed by atoms with Gasteiger partial charge in [0.25, 0.3) is 0 Å². The number of rotatable bonds is 6. The normalized spacial score (nSPS) is 28.9. The van der Waals surface area contributed by atoms with Crippen LogP contribution >= 0.6 is 11.8 Å². The van der Waals surface area contributed by atoms with Crippen LogP contribution in [0.25, 0.3) is 0 Å². The number of nitrogens with one attached hydrogen (secondary N) is 1. The number of carboxylic acid groups (broad SMARTS) is 1. The van der Waals surface area contributed by atoms with Gasteiger partial charge in [0, 0.05) is 6.54 Å². The molecule has 0 aliphatic heterocycles. The molecule has 5 heteroatoms. The summed E-state index contributed by atoms with van der Waals surface area (Å²) in [6, 6.07) is 0. The number of hydrogen-bond donors (Lipinski definition) is 2. The minimum Gasteiger partial charge on any atom is -0.481 e. The smallest absolute Gasteiger partial charge is 0.307 e. The third kappa shape index (κ3) is 4.19. The van der Waals surface area contributed by atoms with Crippen LogP contribution in [0.4, 0.5) is 0 Å². The van der Waals surface area contributed by atoms with E-state index < -0.39 is 11.9 Å². The molecule has 18 heavy (non-hydrogen) atoms. The zero-order chi connectivity index (χ0) is 13.7. The van der Waals surface area contributed by atoms with E-state index in [1.807, 2.05) is 13.2 Å². The van der Waals surface area contributed by atoms with Crippen LogP contribution in [-0.2, 0) is 9.59 Å². The summed E-state index contributed by atoms with van der Waals surface area (Å²) in [5.74, 6) is -0.0216. The molecule has 104 valence electrons. The van der Waals surface area contributed by atoms with E-state index in [1.165, 1.54) is 0 Å². The van der Waals surface area contributed by atoms with Gasteiger partial charge in [-0.3, -0.25) is 9.59 Å². The molecule has 1 aliphatic carbocycles. The standard InChI is InChI=1S/C13H23NO3S/c1-8-4-10(11(5-8)13(16)17)12(15)14-6-9(2)7-18-3/h8-11H,4-7H2,1-3H3,(H,14,15)(H,16,17). The Kier molecular flexibility index (Phi) is 5.99. The molecule has 0 aromatic carbocycles. The van der Waals surface area contributed by atoms with Crippen LogP contribution in [0.15, 0.2) is 0 Å². The summed E-state index contributed by atoms with van der Waals surface area (Å²) in [5.41, 5.74) is 0. The second kappa shape index (κ2) is 7.02. The van der Waals surface area contributed by atoms with Gasteiger partial charge in [-0.1, -0.05) is 13.8 Å². The molecule has 4 unspecified atom stereocenters. The molecular weight excluding hydrogens is 250 g/mol. The Morgan fingerprint density at radius 2 is 2.00 bits per heavy atom. The van der Waals surface area contributed by atoms with E-state index in [4.69, 9.17) is 5.11 Å². The molecule has 1 saturated carbocycles. The fraction of sp³-hybridized carbons (Fsp3) is 0.846. The monoisotopic (exact) mass is 273 g/mol. The maximum absolute atomic E-state index is 12.0. The summed E-state index contributed by atoms with van der Waals surface area (Å²) in [6.45, 7) is 4.74. The zero-order valence-corrected chi connectivity index (χ0v) is 12.1. The number of amides is 1. The number of aliphatic carboxylic acids is 1. The van der Waals surface area contributed by atoms with Crippen LogP contribution < -0.4 is 5.32 Å². The molecule has 4 atom stereocenters. The van der Waals surface area contributed by atoms with Crippen LogP contribution in [0, 0.1) is 23.7 Å². The summed E-state index contributed by atoms with van der Waals surface area (Å²) in [4.78, 5) is 23.2. The maximum Gasteiger partial charge on any atom is 0.307 e. The first-order chi connectivity index (χ1) is 8.45. The summed E-state index contributed by atoms with van der Waals surface area (Å²) in [5, 5.41) is 12.0. The highest BCUT2D eigenvalue weighted by Gasteiger charge is 2.41. The van der Waals surface area contributed by atoms with Crippen molar-refractivity contribution in [2.75, 3.05) is 18.6 Å². The average molecular weight is 273 g/mol. The molecule has 2 N–H and O–H groups in total. The van der Waals surface area contributed by atoms with Crippen LogP contribution in [0.2, 0.25) is 0 Å². The first-order valence-corrected chi connectivity index (χ1v) is 7.84. The molecular formula is C13H23NO3S. The van der Waals surface area contributed by atoms with E-state index in [1.54, 1.807) is 11.8 Å². The molecule has 1 aliphatic rings. The van der Waals surface area contributed by atoms with Gasteiger partial charge in [0.1, 0.15) is 0 Å². The van der Waals surface area contributed by atoms with Crippen molar-refractivity contribution in [3.63, 3.8) is 0 Å². The lowest BCUT2D eigenvalue weighted by molar-refractivity contribution is -0.146. The zero-order valence-electron chi connectivity index (χ0n) is 11.3. The van der Waals surface area contributed by atoms with Gasteiger partial charge in [-0.2, -0.15) is 11.8 Å². The van der Waals surface area contributed by atoms with Crippen LogP contribution in [0.3, 0.4) is 0 Å². The van der Waals surface area contributed by atoms with E-state index in [9.17, 15) is 9.59 Å². The Hall–Kier alpha value is -0.710. The van der Waals surface area contributed by atoms with Gasteiger partial charge >= 0.3 is 5.97 Å². The molecule has 0 heterocycles. The maximum atomic E-state index is 12.0. The van der Waals surface area contributed by atoms with Gasteiger partial charge in [0.2, 0.25) is 5.91 Å². The molecule has 4 nitrogen and oxygen atoms in total. The highest BCUT2D eigenvalue weighted by Crippen LogP contribution is 2.36. The third-order valence-electron chi connectivity index (χ3n) is 3.53.